The summed E-state index contributed by atoms with van der Waals surface area (Å²) in [5, 5.41) is 11.6. The van der Waals surface area contributed by atoms with Crippen molar-refractivity contribution in [3.63, 3.8) is 0 Å². The molecule has 5 rings (SSSR count). The van der Waals surface area contributed by atoms with Gasteiger partial charge in [-0.15, -0.1) is 0 Å². The second-order valence-electron chi connectivity index (χ2n) is 9.04. The summed E-state index contributed by atoms with van der Waals surface area (Å²) >= 11 is 0. The molecule has 2 aromatic heterocycles. The van der Waals surface area contributed by atoms with E-state index in [2.05, 4.69) is 22.1 Å². The fourth-order valence-corrected chi connectivity index (χ4v) is 4.84. The van der Waals surface area contributed by atoms with Crippen molar-refractivity contribution < 1.29 is 19.4 Å². The van der Waals surface area contributed by atoms with Gasteiger partial charge in [-0.25, -0.2) is 4.98 Å². The van der Waals surface area contributed by atoms with E-state index in [9.17, 15) is 9.90 Å². The van der Waals surface area contributed by atoms with Crippen molar-refractivity contribution in [1.82, 2.24) is 9.97 Å². The van der Waals surface area contributed by atoms with Crippen LogP contribution in [0.3, 0.4) is 0 Å². The molecule has 0 bridgehead atoms. The van der Waals surface area contributed by atoms with Crippen molar-refractivity contribution >= 4 is 5.97 Å². The molecular formula is C27H27N2O4-. The van der Waals surface area contributed by atoms with Crippen LogP contribution in [0, 0.1) is 11.8 Å². The predicted molar refractivity (Wildman–Crippen MR) is 122 cm³/mol. The fraction of sp³-hybridized carbons (Fsp3) is 0.370. The number of aliphatic carboxylic acids is 1. The number of methoxy groups -OCH3 is 1. The van der Waals surface area contributed by atoms with E-state index in [0.717, 1.165) is 59.4 Å². The van der Waals surface area contributed by atoms with E-state index in [-0.39, 0.29) is 12.0 Å². The van der Waals surface area contributed by atoms with Gasteiger partial charge < -0.3 is 19.4 Å². The van der Waals surface area contributed by atoms with Crippen LogP contribution in [0.15, 0.2) is 54.9 Å². The normalized spacial score (nSPS) is 19.2. The molecular weight excluding hydrogens is 416 g/mol. The summed E-state index contributed by atoms with van der Waals surface area (Å²) in [6, 6.07) is 14.1. The number of pyridine rings is 2. The topological polar surface area (TPSA) is 84.4 Å². The second-order valence-corrected chi connectivity index (χ2v) is 9.04. The SMILES string of the molecule is COc1cc(-c2ccc(C3CCc4ccc([C@H](C5CC5)[C@H](C)C(=O)[O-])cc4O3)nc2)ccn1. The zero-order valence-corrected chi connectivity index (χ0v) is 18.9. The van der Waals surface area contributed by atoms with Gasteiger partial charge in [-0.05, 0) is 72.4 Å². The Balaban J connectivity index is 1.36. The molecule has 0 N–H and O–H groups in total. The number of fused-ring (bicyclic) bond motifs is 1. The summed E-state index contributed by atoms with van der Waals surface area (Å²) in [7, 11) is 1.60. The lowest BCUT2D eigenvalue weighted by Crippen LogP contribution is -2.34. The lowest BCUT2D eigenvalue weighted by Gasteiger charge is -2.29. The summed E-state index contributed by atoms with van der Waals surface area (Å²) < 4.78 is 11.6. The average molecular weight is 444 g/mol. The maximum atomic E-state index is 11.6. The molecule has 0 saturated heterocycles. The van der Waals surface area contributed by atoms with Gasteiger partial charge in [0.2, 0.25) is 5.88 Å². The number of aryl methyl sites for hydroxylation is 1. The van der Waals surface area contributed by atoms with Crippen molar-refractivity contribution in [3.05, 3.63) is 71.7 Å². The van der Waals surface area contributed by atoms with E-state index < -0.39 is 11.9 Å². The number of hydrogen-bond donors (Lipinski definition) is 0. The van der Waals surface area contributed by atoms with Crippen molar-refractivity contribution in [2.45, 2.75) is 44.6 Å². The minimum absolute atomic E-state index is 0.0287. The molecule has 3 atom stereocenters. The van der Waals surface area contributed by atoms with Crippen LogP contribution in [-0.2, 0) is 11.2 Å². The quantitative estimate of drug-likeness (QED) is 0.547. The first-order valence-electron chi connectivity index (χ1n) is 11.5. The lowest BCUT2D eigenvalue weighted by atomic mass is 9.82. The smallest absolute Gasteiger partial charge is 0.213 e. The summed E-state index contributed by atoms with van der Waals surface area (Å²) in [6.07, 6.45) is 7.33. The van der Waals surface area contributed by atoms with Crippen LogP contribution in [0.1, 0.15) is 55.0 Å². The second kappa shape index (κ2) is 8.85. The number of ether oxygens (including phenoxy) is 2. The molecule has 1 saturated carbocycles. The van der Waals surface area contributed by atoms with E-state index in [1.165, 1.54) is 0 Å². The molecule has 0 amide bonds. The molecule has 1 aliphatic carbocycles. The van der Waals surface area contributed by atoms with Crippen LogP contribution in [0.5, 0.6) is 11.6 Å². The average Bonchev–Trinajstić information content (AvgIpc) is 3.69. The number of carbonyl (C=O) groups is 1. The number of nitrogens with zero attached hydrogens (tertiary/aromatic N) is 2. The maximum Gasteiger partial charge on any atom is 0.213 e. The highest BCUT2D eigenvalue weighted by Gasteiger charge is 2.37. The number of rotatable bonds is 7. The highest BCUT2D eigenvalue weighted by atomic mass is 16.5. The molecule has 1 fully saturated rings. The van der Waals surface area contributed by atoms with E-state index in [0.29, 0.717) is 11.8 Å². The van der Waals surface area contributed by atoms with Crippen LogP contribution >= 0.6 is 0 Å². The molecule has 3 heterocycles. The Hall–Kier alpha value is -3.41. The van der Waals surface area contributed by atoms with Crippen molar-refractivity contribution in [2.75, 3.05) is 7.11 Å². The van der Waals surface area contributed by atoms with Crippen molar-refractivity contribution in [2.24, 2.45) is 11.8 Å². The van der Waals surface area contributed by atoms with Crippen LogP contribution in [0.25, 0.3) is 11.1 Å². The highest BCUT2D eigenvalue weighted by Crippen LogP contribution is 2.48. The molecule has 170 valence electrons. The van der Waals surface area contributed by atoms with Gasteiger partial charge >= 0.3 is 0 Å². The third-order valence-electron chi connectivity index (χ3n) is 6.86. The standard InChI is InChI=1S/C27H28N2O4/c1-16(27(30)31)26(18-4-5-18)20-6-3-17-8-10-23(33-24(17)13-20)22-9-7-21(15-29-22)19-11-12-28-25(14-19)32-2/h3,6-7,9,11-16,18,23,26H,4-5,8,10H2,1-2H3,(H,30,31)/p-1/t16-,23?,26-/m0/s1. The van der Waals surface area contributed by atoms with Crippen LogP contribution in [0.4, 0.5) is 0 Å². The van der Waals surface area contributed by atoms with Gasteiger partial charge in [0.05, 0.1) is 12.8 Å². The Morgan fingerprint density at radius 2 is 1.94 bits per heavy atom. The lowest BCUT2D eigenvalue weighted by molar-refractivity contribution is -0.311. The van der Waals surface area contributed by atoms with Gasteiger partial charge in [-0.1, -0.05) is 25.1 Å². The Labute approximate surface area is 193 Å². The molecule has 1 unspecified atom stereocenters. The van der Waals surface area contributed by atoms with Gasteiger partial charge in [0.1, 0.15) is 11.9 Å². The summed E-state index contributed by atoms with van der Waals surface area (Å²) in [6.45, 7) is 1.76. The summed E-state index contributed by atoms with van der Waals surface area (Å²) in [5.41, 5.74) is 5.06. The minimum atomic E-state index is -0.987. The zero-order valence-electron chi connectivity index (χ0n) is 18.9. The Morgan fingerprint density at radius 1 is 1.09 bits per heavy atom. The van der Waals surface area contributed by atoms with Gasteiger partial charge in [-0.2, -0.15) is 0 Å². The van der Waals surface area contributed by atoms with Crippen LogP contribution < -0.4 is 14.6 Å². The molecule has 1 aliphatic heterocycles. The van der Waals surface area contributed by atoms with E-state index in [1.807, 2.05) is 36.5 Å². The number of aromatic nitrogens is 2. The summed E-state index contributed by atoms with van der Waals surface area (Å²) in [5.74, 6) is 0.285. The molecule has 33 heavy (non-hydrogen) atoms. The molecule has 0 spiro atoms. The number of carboxylic acids is 1. The number of carboxylic acid groups (broad SMARTS) is 1. The van der Waals surface area contributed by atoms with Gasteiger partial charge in [-0.3, -0.25) is 4.98 Å². The molecule has 1 aromatic carbocycles. The monoisotopic (exact) mass is 443 g/mol. The van der Waals surface area contributed by atoms with Crippen LogP contribution in [0.2, 0.25) is 0 Å². The largest absolute Gasteiger partial charge is 0.550 e. The number of carbonyl (C=O) groups excluding carboxylic acids is 1. The van der Waals surface area contributed by atoms with Gasteiger partial charge in [0, 0.05) is 35.9 Å². The Morgan fingerprint density at radius 3 is 2.64 bits per heavy atom. The molecule has 0 radical (unpaired) electrons. The van der Waals surface area contributed by atoms with Gasteiger partial charge in [0.25, 0.3) is 0 Å². The molecule has 6 nitrogen and oxygen atoms in total. The first-order valence-corrected chi connectivity index (χ1v) is 11.5. The van der Waals surface area contributed by atoms with Crippen molar-refractivity contribution in [1.29, 1.82) is 0 Å². The van der Waals surface area contributed by atoms with Gasteiger partial charge in [0.15, 0.2) is 0 Å². The van der Waals surface area contributed by atoms with Crippen molar-refractivity contribution in [3.8, 4) is 22.8 Å². The fourth-order valence-electron chi connectivity index (χ4n) is 4.84. The van der Waals surface area contributed by atoms with E-state index in [1.54, 1.807) is 20.2 Å². The summed E-state index contributed by atoms with van der Waals surface area (Å²) in [4.78, 5) is 20.4. The Kier molecular flexibility index (Phi) is 5.75. The molecule has 6 heteroatoms. The van der Waals surface area contributed by atoms with Crippen LogP contribution in [-0.4, -0.2) is 23.0 Å². The molecule has 3 aromatic rings. The predicted octanol–water partition coefficient (Wildman–Crippen LogP) is 4.10. The molecule has 2 aliphatic rings. The van der Waals surface area contributed by atoms with E-state index in [4.69, 9.17) is 9.47 Å². The third-order valence-corrected chi connectivity index (χ3v) is 6.86. The maximum absolute atomic E-state index is 11.6. The number of hydrogen-bond acceptors (Lipinski definition) is 6. The number of benzene rings is 1. The third kappa shape index (κ3) is 4.42. The first kappa shape index (κ1) is 21.4. The zero-order chi connectivity index (χ0) is 22.9. The van der Waals surface area contributed by atoms with E-state index >= 15 is 0 Å². The Bertz CT molecular complexity index is 1160. The first-order chi connectivity index (χ1) is 16.0. The minimum Gasteiger partial charge on any atom is -0.550 e. The highest BCUT2D eigenvalue weighted by molar-refractivity contribution is 5.69.